The number of hydrogen-bond acceptors (Lipinski definition) is 3. The normalized spacial score (nSPS) is 19.2. The van der Waals surface area contributed by atoms with E-state index < -0.39 is 0 Å². The summed E-state index contributed by atoms with van der Waals surface area (Å²) in [7, 11) is 0. The highest BCUT2D eigenvalue weighted by Gasteiger charge is 2.19. The number of hydrogen-bond donors (Lipinski definition) is 2. The van der Waals surface area contributed by atoms with Crippen molar-refractivity contribution in [1.82, 2.24) is 10.2 Å². The third-order valence-electron chi connectivity index (χ3n) is 3.25. The first-order chi connectivity index (χ1) is 8.31. The van der Waals surface area contributed by atoms with Crippen LogP contribution in [0.4, 0.5) is 4.39 Å². The van der Waals surface area contributed by atoms with Gasteiger partial charge >= 0.3 is 0 Å². The summed E-state index contributed by atoms with van der Waals surface area (Å²) in [6.07, 6.45) is 0. The molecule has 1 unspecified atom stereocenters. The molecule has 1 aliphatic rings. The summed E-state index contributed by atoms with van der Waals surface area (Å²) < 4.78 is 13.6. The van der Waals surface area contributed by atoms with Gasteiger partial charge in [0.15, 0.2) is 0 Å². The number of halogens is 1. The third-order valence-corrected chi connectivity index (χ3v) is 3.25. The number of aliphatic hydroxyl groups is 1. The molecule has 1 fully saturated rings. The summed E-state index contributed by atoms with van der Waals surface area (Å²) in [4.78, 5) is 2.27. The minimum atomic E-state index is -0.221. The van der Waals surface area contributed by atoms with E-state index in [1.807, 2.05) is 6.07 Å². The summed E-state index contributed by atoms with van der Waals surface area (Å²) in [5.74, 6) is -0.351. The standard InChI is InChI=1S/C13H19FN2O/c14-13-4-2-1-3-12(13)11(10-17)9-16-7-5-15-6-8-16/h1-4,11,15,17H,5-10H2. The van der Waals surface area contributed by atoms with E-state index in [1.54, 1.807) is 12.1 Å². The second kappa shape index (κ2) is 6.10. The quantitative estimate of drug-likeness (QED) is 0.814. The van der Waals surface area contributed by atoms with Gasteiger partial charge in [0.05, 0.1) is 6.61 Å². The minimum absolute atomic E-state index is 0.00907. The Hall–Kier alpha value is -0.970. The zero-order valence-electron chi connectivity index (χ0n) is 9.90. The Labute approximate surface area is 101 Å². The van der Waals surface area contributed by atoms with E-state index in [1.165, 1.54) is 6.07 Å². The number of benzene rings is 1. The fourth-order valence-electron chi connectivity index (χ4n) is 2.27. The Morgan fingerprint density at radius 2 is 2.00 bits per heavy atom. The van der Waals surface area contributed by atoms with Crippen LogP contribution in [-0.4, -0.2) is 49.3 Å². The molecule has 1 aromatic carbocycles. The first-order valence-corrected chi connectivity index (χ1v) is 6.09. The highest BCUT2D eigenvalue weighted by Crippen LogP contribution is 2.20. The lowest BCUT2D eigenvalue weighted by Crippen LogP contribution is -2.45. The Bertz CT molecular complexity index is 353. The van der Waals surface area contributed by atoms with E-state index in [4.69, 9.17) is 0 Å². The van der Waals surface area contributed by atoms with Crippen molar-refractivity contribution in [2.24, 2.45) is 0 Å². The molecule has 0 spiro atoms. The van der Waals surface area contributed by atoms with Gasteiger partial charge in [0.2, 0.25) is 0 Å². The largest absolute Gasteiger partial charge is 0.396 e. The topological polar surface area (TPSA) is 35.5 Å². The van der Waals surface area contributed by atoms with Crippen molar-refractivity contribution in [2.45, 2.75) is 5.92 Å². The van der Waals surface area contributed by atoms with Crippen LogP contribution in [0.25, 0.3) is 0 Å². The molecule has 1 heterocycles. The average molecular weight is 238 g/mol. The maximum Gasteiger partial charge on any atom is 0.126 e. The molecule has 1 aliphatic heterocycles. The van der Waals surface area contributed by atoms with Crippen molar-refractivity contribution in [3.8, 4) is 0 Å². The lowest BCUT2D eigenvalue weighted by Gasteiger charge is -2.30. The van der Waals surface area contributed by atoms with Crippen LogP contribution in [0.1, 0.15) is 11.5 Å². The monoisotopic (exact) mass is 238 g/mol. The molecule has 4 heteroatoms. The summed E-state index contributed by atoms with van der Waals surface area (Å²) in [5, 5.41) is 12.7. The summed E-state index contributed by atoms with van der Waals surface area (Å²) in [6.45, 7) is 4.57. The van der Waals surface area contributed by atoms with Gasteiger partial charge < -0.3 is 15.3 Å². The molecule has 0 amide bonds. The van der Waals surface area contributed by atoms with Crippen molar-refractivity contribution in [3.63, 3.8) is 0 Å². The summed E-state index contributed by atoms with van der Waals surface area (Å²) >= 11 is 0. The van der Waals surface area contributed by atoms with Crippen LogP contribution in [0.3, 0.4) is 0 Å². The predicted molar refractivity (Wildman–Crippen MR) is 65.5 cm³/mol. The van der Waals surface area contributed by atoms with E-state index in [2.05, 4.69) is 10.2 Å². The molecule has 0 bridgehead atoms. The highest BCUT2D eigenvalue weighted by atomic mass is 19.1. The molecule has 2 rings (SSSR count). The average Bonchev–Trinajstić information content (AvgIpc) is 2.38. The third kappa shape index (κ3) is 3.25. The van der Waals surface area contributed by atoms with Gasteiger partial charge in [-0.3, -0.25) is 0 Å². The molecule has 1 aromatic rings. The van der Waals surface area contributed by atoms with Gasteiger partial charge in [0.25, 0.3) is 0 Å². The lowest BCUT2D eigenvalue weighted by molar-refractivity contribution is 0.184. The maximum absolute atomic E-state index is 13.6. The minimum Gasteiger partial charge on any atom is -0.396 e. The SMILES string of the molecule is OCC(CN1CCNCC1)c1ccccc1F. The molecule has 94 valence electrons. The van der Waals surface area contributed by atoms with Crippen molar-refractivity contribution in [3.05, 3.63) is 35.6 Å². The van der Waals surface area contributed by atoms with Gasteiger partial charge in [-0.15, -0.1) is 0 Å². The fourth-order valence-corrected chi connectivity index (χ4v) is 2.27. The molecule has 17 heavy (non-hydrogen) atoms. The van der Waals surface area contributed by atoms with Crippen LogP contribution in [0.5, 0.6) is 0 Å². The van der Waals surface area contributed by atoms with Gasteiger partial charge in [-0.05, 0) is 11.6 Å². The first-order valence-electron chi connectivity index (χ1n) is 6.09. The molecular weight excluding hydrogens is 219 g/mol. The second-order valence-corrected chi connectivity index (χ2v) is 4.45. The Kier molecular flexibility index (Phi) is 4.48. The molecular formula is C13H19FN2O. The fraction of sp³-hybridized carbons (Fsp3) is 0.538. The summed E-state index contributed by atoms with van der Waals surface area (Å²) in [5.41, 5.74) is 0.619. The number of nitrogens with one attached hydrogen (secondary N) is 1. The van der Waals surface area contributed by atoms with Crippen molar-refractivity contribution in [1.29, 1.82) is 0 Å². The molecule has 0 aromatic heterocycles. The van der Waals surface area contributed by atoms with E-state index >= 15 is 0 Å². The predicted octanol–water partition coefficient (Wildman–Crippen LogP) is 0.807. The first kappa shape index (κ1) is 12.5. The van der Waals surface area contributed by atoms with Gasteiger partial charge in [0.1, 0.15) is 5.82 Å². The van der Waals surface area contributed by atoms with Crippen molar-refractivity contribution >= 4 is 0 Å². The molecule has 2 N–H and O–H groups in total. The number of aliphatic hydroxyl groups excluding tert-OH is 1. The maximum atomic E-state index is 13.6. The molecule has 0 saturated carbocycles. The number of nitrogens with zero attached hydrogens (tertiary/aromatic N) is 1. The van der Waals surface area contributed by atoms with Crippen LogP contribution >= 0.6 is 0 Å². The smallest absolute Gasteiger partial charge is 0.126 e. The molecule has 1 saturated heterocycles. The molecule has 0 aliphatic carbocycles. The van der Waals surface area contributed by atoms with E-state index in [9.17, 15) is 9.50 Å². The van der Waals surface area contributed by atoms with E-state index in [-0.39, 0.29) is 18.3 Å². The lowest BCUT2D eigenvalue weighted by atomic mass is 9.98. The van der Waals surface area contributed by atoms with Crippen LogP contribution in [0.2, 0.25) is 0 Å². The van der Waals surface area contributed by atoms with Gasteiger partial charge in [0, 0.05) is 38.6 Å². The van der Waals surface area contributed by atoms with Crippen LogP contribution < -0.4 is 5.32 Å². The van der Waals surface area contributed by atoms with Gasteiger partial charge in [-0.2, -0.15) is 0 Å². The molecule has 1 atom stereocenters. The van der Waals surface area contributed by atoms with Gasteiger partial charge in [-0.25, -0.2) is 4.39 Å². The second-order valence-electron chi connectivity index (χ2n) is 4.45. The van der Waals surface area contributed by atoms with Gasteiger partial charge in [-0.1, -0.05) is 18.2 Å². The Morgan fingerprint density at radius 3 is 2.65 bits per heavy atom. The summed E-state index contributed by atoms with van der Waals surface area (Å²) in [6, 6.07) is 6.71. The van der Waals surface area contributed by atoms with E-state index in [0.717, 1.165) is 32.7 Å². The van der Waals surface area contributed by atoms with Crippen molar-refractivity contribution < 1.29 is 9.50 Å². The highest BCUT2D eigenvalue weighted by molar-refractivity contribution is 5.22. The van der Waals surface area contributed by atoms with Crippen LogP contribution in [0, 0.1) is 5.82 Å². The van der Waals surface area contributed by atoms with E-state index in [0.29, 0.717) is 5.56 Å². The van der Waals surface area contributed by atoms with Crippen LogP contribution in [0.15, 0.2) is 24.3 Å². The molecule has 0 radical (unpaired) electrons. The zero-order valence-corrected chi connectivity index (χ0v) is 9.90. The zero-order chi connectivity index (χ0) is 12.1. The Morgan fingerprint density at radius 1 is 1.29 bits per heavy atom. The number of rotatable bonds is 4. The number of piperazine rings is 1. The Balaban J connectivity index is 2.03. The van der Waals surface area contributed by atoms with Crippen molar-refractivity contribution in [2.75, 3.05) is 39.3 Å². The molecule has 3 nitrogen and oxygen atoms in total. The van der Waals surface area contributed by atoms with Crippen LogP contribution in [-0.2, 0) is 0 Å².